The molecule has 1 fully saturated rings. The van der Waals surface area contributed by atoms with Gasteiger partial charge >= 0.3 is 0 Å². The van der Waals surface area contributed by atoms with Gasteiger partial charge in [0.2, 0.25) is 5.95 Å². The number of ether oxygens (including phenoxy) is 1. The molecule has 8 nitrogen and oxygen atoms in total. The van der Waals surface area contributed by atoms with Crippen LogP contribution in [-0.2, 0) is 4.74 Å². The lowest BCUT2D eigenvalue weighted by Gasteiger charge is -2.27. The first-order chi connectivity index (χ1) is 12.2. The van der Waals surface area contributed by atoms with Crippen LogP contribution in [0.25, 0.3) is 0 Å². The van der Waals surface area contributed by atoms with Crippen LogP contribution in [0.15, 0.2) is 30.6 Å². The van der Waals surface area contributed by atoms with Crippen LogP contribution in [0.1, 0.15) is 16.1 Å². The lowest BCUT2D eigenvalue weighted by atomic mass is 10.2. The van der Waals surface area contributed by atoms with Crippen molar-refractivity contribution in [2.75, 3.05) is 49.6 Å². The molecule has 1 saturated heterocycles. The highest BCUT2D eigenvalue weighted by Gasteiger charge is 2.17. The molecule has 2 aromatic heterocycles. The summed E-state index contributed by atoms with van der Waals surface area (Å²) in [5.41, 5.74) is 1.17. The van der Waals surface area contributed by atoms with Crippen LogP contribution < -0.4 is 15.5 Å². The Morgan fingerprint density at radius 2 is 2.08 bits per heavy atom. The van der Waals surface area contributed by atoms with Gasteiger partial charge < -0.3 is 20.3 Å². The van der Waals surface area contributed by atoms with Crippen molar-refractivity contribution >= 4 is 17.7 Å². The van der Waals surface area contributed by atoms with Crippen molar-refractivity contribution in [1.82, 2.24) is 20.3 Å². The first-order valence-electron chi connectivity index (χ1n) is 8.33. The molecular weight excluding hydrogens is 320 g/mol. The number of aromatic nitrogens is 3. The molecule has 2 N–H and O–H groups in total. The fourth-order valence-electron chi connectivity index (χ4n) is 2.52. The monoisotopic (exact) mass is 342 g/mol. The molecule has 0 aliphatic carbocycles. The van der Waals surface area contributed by atoms with Crippen molar-refractivity contribution in [2.24, 2.45) is 0 Å². The zero-order valence-electron chi connectivity index (χ0n) is 14.2. The minimum atomic E-state index is -0.172. The molecule has 0 unspecified atom stereocenters. The number of carbonyl (C=O) groups excluding carboxylic acids is 1. The number of nitrogens with zero attached hydrogens (tertiary/aromatic N) is 4. The van der Waals surface area contributed by atoms with Gasteiger partial charge in [-0.05, 0) is 19.1 Å². The average molecular weight is 342 g/mol. The number of amides is 1. The molecule has 1 amide bonds. The van der Waals surface area contributed by atoms with Crippen LogP contribution in [0.2, 0.25) is 0 Å². The second-order valence-electron chi connectivity index (χ2n) is 5.67. The average Bonchev–Trinajstić information content (AvgIpc) is 2.66. The number of hydrogen-bond donors (Lipinski definition) is 2. The smallest absolute Gasteiger partial charge is 0.254 e. The summed E-state index contributed by atoms with van der Waals surface area (Å²) in [4.78, 5) is 27.3. The van der Waals surface area contributed by atoms with Gasteiger partial charge in [0, 0.05) is 38.6 Å². The topological polar surface area (TPSA) is 92.3 Å². The van der Waals surface area contributed by atoms with E-state index in [9.17, 15) is 4.79 Å². The van der Waals surface area contributed by atoms with Gasteiger partial charge in [-0.2, -0.15) is 0 Å². The summed E-state index contributed by atoms with van der Waals surface area (Å²) in [7, 11) is 0. The van der Waals surface area contributed by atoms with E-state index in [0.717, 1.165) is 18.9 Å². The Bertz CT molecular complexity index is 704. The molecule has 1 aliphatic rings. The Hall–Kier alpha value is -2.74. The van der Waals surface area contributed by atoms with Crippen molar-refractivity contribution in [3.05, 3.63) is 41.9 Å². The molecule has 0 radical (unpaired) electrons. The van der Waals surface area contributed by atoms with Gasteiger partial charge in [0.05, 0.1) is 24.5 Å². The quantitative estimate of drug-likeness (QED) is 0.752. The van der Waals surface area contributed by atoms with Crippen LogP contribution in [0.3, 0.4) is 0 Å². The SMILES string of the molecule is Cc1nc(N2CCOCC2)ncc1C(=O)NCCNc1ccccn1. The molecule has 132 valence electrons. The molecule has 0 spiro atoms. The summed E-state index contributed by atoms with van der Waals surface area (Å²) >= 11 is 0. The molecule has 0 saturated carbocycles. The fraction of sp³-hybridized carbons (Fsp3) is 0.412. The molecule has 2 aromatic rings. The molecule has 3 rings (SSSR count). The van der Waals surface area contributed by atoms with E-state index < -0.39 is 0 Å². The number of aryl methyl sites for hydroxylation is 1. The number of anilines is 2. The van der Waals surface area contributed by atoms with E-state index in [1.165, 1.54) is 0 Å². The van der Waals surface area contributed by atoms with E-state index in [1.54, 1.807) is 12.4 Å². The second-order valence-corrected chi connectivity index (χ2v) is 5.67. The minimum absolute atomic E-state index is 0.172. The summed E-state index contributed by atoms with van der Waals surface area (Å²) < 4.78 is 5.33. The molecule has 1 aliphatic heterocycles. The molecule has 3 heterocycles. The van der Waals surface area contributed by atoms with Crippen LogP contribution >= 0.6 is 0 Å². The highest BCUT2D eigenvalue weighted by atomic mass is 16.5. The third-order valence-corrected chi connectivity index (χ3v) is 3.89. The fourth-order valence-corrected chi connectivity index (χ4v) is 2.52. The van der Waals surface area contributed by atoms with E-state index in [4.69, 9.17) is 4.74 Å². The lowest BCUT2D eigenvalue weighted by molar-refractivity contribution is 0.0953. The normalized spacial score (nSPS) is 14.2. The summed E-state index contributed by atoms with van der Waals surface area (Å²) in [6, 6.07) is 5.64. The van der Waals surface area contributed by atoms with E-state index in [-0.39, 0.29) is 5.91 Å². The Balaban J connectivity index is 1.51. The molecule has 0 atom stereocenters. The lowest BCUT2D eigenvalue weighted by Crippen LogP contribution is -2.37. The number of morpholine rings is 1. The maximum atomic E-state index is 12.3. The summed E-state index contributed by atoms with van der Waals surface area (Å²) in [5, 5.41) is 6.01. The third kappa shape index (κ3) is 4.63. The first-order valence-corrected chi connectivity index (χ1v) is 8.33. The van der Waals surface area contributed by atoms with Gasteiger partial charge in [-0.25, -0.2) is 15.0 Å². The first kappa shape index (κ1) is 17.1. The second kappa shape index (κ2) is 8.39. The van der Waals surface area contributed by atoms with Gasteiger partial charge in [-0.15, -0.1) is 0 Å². The van der Waals surface area contributed by atoms with Crippen LogP contribution in [0, 0.1) is 6.92 Å². The zero-order chi connectivity index (χ0) is 17.5. The number of nitrogens with one attached hydrogen (secondary N) is 2. The van der Waals surface area contributed by atoms with Crippen molar-refractivity contribution < 1.29 is 9.53 Å². The molecule has 0 bridgehead atoms. The standard InChI is InChI=1S/C17H22N6O2/c1-13-14(12-21-17(22-13)23-8-10-25-11-9-23)16(24)20-7-6-19-15-4-2-3-5-18-15/h2-5,12H,6-11H2,1H3,(H,18,19)(H,20,24). The van der Waals surface area contributed by atoms with Crippen molar-refractivity contribution in [1.29, 1.82) is 0 Å². The van der Waals surface area contributed by atoms with E-state index in [2.05, 4.69) is 30.5 Å². The van der Waals surface area contributed by atoms with E-state index in [0.29, 0.717) is 43.5 Å². The Labute approximate surface area is 146 Å². The van der Waals surface area contributed by atoms with Gasteiger partial charge in [0.15, 0.2) is 0 Å². The Morgan fingerprint density at radius 1 is 1.24 bits per heavy atom. The highest BCUT2D eigenvalue weighted by molar-refractivity contribution is 5.95. The largest absolute Gasteiger partial charge is 0.378 e. The predicted octanol–water partition coefficient (Wildman–Crippen LogP) is 0.859. The van der Waals surface area contributed by atoms with Crippen molar-refractivity contribution in [3.63, 3.8) is 0 Å². The number of carbonyl (C=O) groups is 1. The summed E-state index contributed by atoms with van der Waals surface area (Å²) in [5.74, 6) is 1.26. The van der Waals surface area contributed by atoms with E-state index >= 15 is 0 Å². The predicted molar refractivity (Wildman–Crippen MR) is 94.9 cm³/mol. The molecule has 0 aromatic carbocycles. The number of pyridine rings is 1. The third-order valence-electron chi connectivity index (χ3n) is 3.89. The van der Waals surface area contributed by atoms with E-state index in [1.807, 2.05) is 25.1 Å². The summed E-state index contributed by atoms with van der Waals surface area (Å²) in [6.45, 7) is 5.79. The number of rotatable bonds is 6. The highest BCUT2D eigenvalue weighted by Crippen LogP contribution is 2.12. The van der Waals surface area contributed by atoms with Crippen LogP contribution in [0.5, 0.6) is 0 Å². The molecule has 25 heavy (non-hydrogen) atoms. The Kier molecular flexibility index (Phi) is 5.73. The zero-order valence-corrected chi connectivity index (χ0v) is 14.2. The van der Waals surface area contributed by atoms with Crippen LogP contribution in [-0.4, -0.2) is 60.3 Å². The Morgan fingerprint density at radius 3 is 2.80 bits per heavy atom. The van der Waals surface area contributed by atoms with Gasteiger partial charge in [0.1, 0.15) is 5.82 Å². The summed E-state index contributed by atoms with van der Waals surface area (Å²) in [6.07, 6.45) is 3.31. The van der Waals surface area contributed by atoms with Crippen molar-refractivity contribution in [3.8, 4) is 0 Å². The van der Waals surface area contributed by atoms with Gasteiger partial charge in [-0.3, -0.25) is 4.79 Å². The van der Waals surface area contributed by atoms with Crippen LogP contribution in [0.4, 0.5) is 11.8 Å². The maximum absolute atomic E-state index is 12.3. The molecule has 8 heteroatoms. The van der Waals surface area contributed by atoms with Gasteiger partial charge in [0.25, 0.3) is 5.91 Å². The van der Waals surface area contributed by atoms with Crippen molar-refractivity contribution in [2.45, 2.75) is 6.92 Å². The van der Waals surface area contributed by atoms with Gasteiger partial charge in [-0.1, -0.05) is 6.07 Å². The maximum Gasteiger partial charge on any atom is 0.254 e. The number of hydrogen-bond acceptors (Lipinski definition) is 7. The molecular formula is C17H22N6O2. The minimum Gasteiger partial charge on any atom is -0.378 e.